The Morgan fingerprint density at radius 3 is 2.63 bits per heavy atom. The maximum absolute atomic E-state index is 12.6. The molecule has 1 amide bonds. The summed E-state index contributed by atoms with van der Waals surface area (Å²) in [6.45, 7) is 9.70. The van der Waals surface area contributed by atoms with Crippen LogP contribution in [0, 0.1) is 25.7 Å². The van der Waals surface area contributed by atoms with Crippen LogP contribution >= 0.6 is 0 Å². The SMILES string of the molecule is Cc1cccc(-c2nc(C[S@](=O)CC(=O)N3C[C@H](C)C[C@H](C)C3)c(C)o2)c1. The van der Waals surface area contributed by atoms with Crippen LogP contribution in [-0.4, -0.2) is 38.8 Å². The summed E-state index contributed by atoms with van der Waals surface area (Å²) in [6, 6.07) is 7.93. The minimum atomic E-state index is -1.30. The Kier molecular flexibility index (Phi) is 6.15. The van der Waals surface area contributed by atoms with E-state index in [1.54, 1.807) is 0 Å². The number of aryl methyl sites for hydroxylation is 2. The Morgan fingerprint density at radius 1 is 1.26 bits per heavy atom. The molecule has 2 aromatic rings. The summed E-state index contributed by atoms with van der Waals surface area (Å²) in [4.78, 5) is 18.9. The van der Waals surface area contributed by atoms with Crippen LogP contribution in [0.15, 0.2) is 28.7 Å². The number of carbonyl (C=O) groups is 1. The minimum Gasteiger partial charge on any atom is -0.441 e. The molecular weight excluding hydrogens is 360 g/mol. The van der Waals surface area contributed by atoms with Crippen LogP contribution in [0.2, 0.25) is 0 Å². The predicted molar refractivity (Wildman–Crippen MR) is 108 cm³/mol. The molecule has 0 saturated carbocycles. The molecule has 27 heavy (non-hydrogen) atoms. The first kappa shape index (κ1) is 19.8. The Balaban J connectivity index is 1.63. The van der Waals surface area contributed by atoms with Crippen molar-refractivity contribution in [2.24, 2.45) is 11.8 Å². The fourth-order valence-corrected chi connectivity index (χ4v) is 4.90. The number of aromatic nitrogens is 1. The highest BCUT2D eigenvalue weighted by molar-refractivity contribution is 7.84. The Labute approximate surface area is 163 Å². The van der Waals surface area contributed by atoms with E-state index in [-0.39, 0.29) is 17.4 Å². The van der Waals surface area contributed by atoms with Gasteiger partial charge < -0.3 is 9.32 Å². The monoisotopic (exact) mass is 388 g/mol. The number of rotatable bonds is 5. The highest BCUT2D eigenvalue weighted by Crippen LogP contribution is 2.24. The van der Waals surface area contributed by atoms with Crippen LogP contribution in [-0.2, 0) is 21.3 Å². The van der Waals surface area contributed by atoms with Crippen LogP contribution in [0.1, 0.15) is 37.3 Å². The third kappa shape index (κ3) is 5.06. The van der Waals surface area contributed by atoms with Crippen LogP contribution in [0.25, 0.3) is 11.5 Å². The fourth-order valence-electron chi connectivity index (χ4n) is 3.76. The first-order valence-corrected chi connectivity index (χ1v) is 11.0. The van der Waals surface area contributed by atoms with E-state index in [0.29, 0.717) is 29.2 Å². The molecule has 0 spiro atoms. The highest BCUT2D eigenvalue weighted by Gasteiger charge is 2.26. The number of oxazole rings is 1. The number of hydrogen-bond donors (Lipinski definition) is 0. The quantitative estimate of drug-likeness (QED) is 0.783. The number of amides is 1. The van der Waals surface area contributed by atoms with Gasteiger partial charge in [-0.3, -0.25) is 9.00 Å². The van der Waals surface area contributed by atoms with Gasteiger partial charge in [-0.25, -0.2) is 4.98 Å². The maximum atomic E-state index is 12.6. The summed E-state index contributed by atoms with van der Waals surface area (Å²) >= 11 is 0. The molecule has 2 heterocycles. The molecule has 1 aromatic heterocycles. The second kappa shape index (κ2) is 8.38. The summed E-state index contributed by atoms with van der Waals surface area (Å²) in [5.41, 5.74) is 2.70. The summed E-state index contributed by atoms with van der Waals surface area (Å²) in [6.07, 6.45) is 1.15. The van der Waals surface area contributed by atoms with Crippen molar-refractivity contribution < 1.29 is 13.4 Å². The number of carbonyl (C=O) groups excluding carboxylic acids is 1. The van der Waals surface area contributed by atoms with Crippen molar-refractivity contribution in [3.8, 4) is 11.5 Å². The first-order chi connectivity index (χ1) is 12.8. The average Bonchev–Trinajstić information content (AvgIpc) is 2.94. The fraction of sp³-hybridized carbons (Fsp3) is 0.524. The number of benzene rings is 1. The molecular formula is C21H28N2O3S. The molecule has 1 aliphatic rings. The molecule has 1 aliphatic heterocycles. The lowest BCUT2D eigenvalue weighted by Gasteiger charge is -2.34. The molecule has 3 rings (SSSR count). The van der Waals surface area contributed by atoms with Crippen molar-refractivity contribution in [2.45, 2.75) is 39.9 Å². The Hall–Kier alpha value is -1.95. The molecule has 0 radical (unpaired) electrons. The van der Waals surface area contributed by atoms with E-state index < -0.39 is 10.8 Å². The molecule has 1 fully saturated rings. The molecule has 0 bridgehead atoms. The van der Waals surface area contributed by atoms with Gasteiger partial charge in [0.25, 0.3) is 0 Å². The van der Waals surface area contributed by atoms with Gasteiger partial charge in [0.15, 0.2) is 0 Å². The summed E-state index contributed by atoms with van der Waals surface area (Å²) in [7, 11) is -1.30. The van der Waals surface area contributed by atoms with Crippen LogP contribution in [0.3, 0.4) is 0 Å². The zero-order valence-corrected chi connectivity index (χ0v) is 17.3. The van der Waals surface area contributed by atoms with E-state index in [0.717, 1.165) is 30.6 Å². The topological polar surface area (TPSA) is 63.4 Å². The highest BCUT2D eigenvalue weighted by atomic mass is 32.2. The van der Waals surface area contributed by atoms with Crippen molar-refractivity contribution in [1.29, 1.82) is 0 Å². The molecule has 0 unspecified atom stereocenters. The summed E-state index contributed by atoms with van der Waals surface area (Å²) < 4.78 is 18.3. The lowest BCUT2D eigenvalue weighted by atomic mass is 9.92. The minimum absolute atomic E-state index is 0.0215. The molecule has 146 valence electrons. The number of nitrogens with zero attached hydrogens (tertiary/aromatic N) is 2. The first-order valence-electron chi connectivity index (χ1n) is 9.48. The normalized spacial score (nSPS) is 21.3. The van der Waals surface area contributed by atoms with Gasteiger partial charge in [0.1, 0.15) is 11.5 Å². The van der Waals surface area contributed by atoms with Gasteiger partial charge >= 0.3 is 0 Å². The van der Waals surface area contributed by atoms with Crippen molar-refractivity contribution >= 4 is 16.7 Å². The van der Waals surface area contributed by atoms with Gasteiger partial charge in [-0.05, 0) is 44.2 Å². The van der Waals surface area contributed by atoms with E-state index in [1.807, 2.05) is 43.0 Å². The Morgan fingerprint density at radius 2 is 1.96 bits per heavy atom. The number of piperidine rings is 1. The standard InChI is InChI=1S/C21H28N2O3S/c1-14-6-5-7-18(9-14)21-22-19(17(4)26-21)12-27(25)13-20(24)23-10-15(2)8-16(3)11-23/h5-7,9,15-16H,8,10-13H2,1-4H3/t15-,16+,27-/m0/s1. The van der Waals surface area contributed by atoms with Gasteiger partial charge in [-0.1, -0.05) is 31.5 Å². The van der Waals surface area contributed by atoms with E-state index in [9.17, 15) is 9.00 Å². The zero-order valence-electron chi connectivity index (χ0n) is 16.5. The lowest BCUT2D eigenvalue weighted by Crippen LogP contribution is -2.44. The summed E-state index contributed by atoms with van der Waals surface area (Å²) in [5, 5.41) is 0. The van der Waals surface area contributed by atoms with Crippen LogP contribution in [0.5, 0.6) is 0 Å². The third-order valence-electron chi connectivity index (χ3n) is 4.96. The molecule has 1 aromatic carbocycles. The summed E-state index contributed by atoms with van der Waals surface area (Å²) in [5.74, 6) is 2.46. The molecule has 3 atom stereocenters. The smallest absolute Gasteiger partial charge is 0.235 e. The number of hydrogen-bond acceptors (Lipinski definition) is 4. The van der Waals surface area contributed by atoms with E-state index in [2.05, 4.69) is 18.8 Å². The van der Waals surface area contributed by atoms with Crippen molar-refractivity contribution in [3.63, 3.8) is 0 Å². The molecule has 0 N–H and O–H groups in total. The Bertz CT molecular complexity index is 836. The van der Waals surface area contributed by atoms with Gasteiger partial charge in [0.05, 0.1) is 11.4 Å². The predicted octanol–water partition coefficient (Wildman–Crippen LogP) is 3.71. The lowest BCUT2D eigenvalue weighted by molar-refractivity contribution is -0.131. The molecule has 5 nitrogen and oxygen atoms in total. The van der Waals surface area contributed by atoms with Gasteiger partial charge in [0.2, 0.25) is 11.8 Å². The zero-order chi connectivity index (χ0) is 19.6. The van der Waals surface area contributed by atoms with E-state index in [4.69, 9.17) is 4.42 Å². The van der Waals surface area contributed by atoms with Gasteiger partial charge in [-0.2, -0.15) is 0 Å². The van der Waals surface area contributed by atoms with E-state index >= 15 is 0 Å². The van der Waals surface area contributed by atoms with Gasteiger partial charge in [0, 0.05) is 29.5 Å². The largest absolute Gasteiger partial charge is 0.441 e. The maximum Gasteiger partial charge on any atom is 0.235 e. The molecule has 6 heteroatoms. The van der Waals surface area contributed by atoms with Crippen molar-refractivity contribution in [3.05, 3.63) is 41.3 Å². The second-order valence-corrected chi connectivity index (χ2v) is 9.32. The van der Waals surface area contributed by atoms with Crippen LogP contribution in [0.4, 0.5) is 0 Å². The average molecular weight is 389 g/mol. The van der Waals surface area contributed by atoms with Crippen molar-refractivity contribution in [1.82, 2.24) is 9.88 Å². The molecule has 0 aliphatic carbocycles. The van der Waals surface area contributed by atoms with Crippen molar-refractivity contribution in [2.75, 3.05) is 18.8 Å². The van der Waals surface area contributed by atoms with Crippen LogP contribution < -0.4 is 0 Å². The van der Waals surface area contributed by atoms with E-state index in [1.165, 1.54) is 0 Å². The number of likely N-dealkylation sites (tertiary alicyclic amines) is 1. The third-order valence-corrected chi connectivity index (χ3v) is 6.13. The van der Waals surface area contributed by atoms with Gasteiger partial charge in [-0.15, -0.1) is 0 Å². The molecule has 1 saturated heterocycles. The second-order valence-electron chi connectivity index (χ2n) is 7.86.